The highest BCUT2D eigenvalue weighted by atomic mass is 16.5. The fraction of sp³-hybridized carbons (Fsp3) is 0.238. The second-order valence-corrected chi connectivity index (χ2v) is 6.20. The van der Waals surface area contributed by atoms with Crippen molar-refractivity contribution in [3.63, 3.8) is 0 Å². The van der Waals surface area contributed by atoms with Crippen molar-refractivity contribution in [1.82, 2.24) is 0 Å². The first-order valence-corrected chi connectivity index (χ1v) is 8.28. The summed E-state index contributed by atoms with van der Waals surface area (Å²) >= 11 is 0. The molecule has 1 N–H and O–H groups in total. The van der Waals surface area contributed by atoms with Crippen molar-refractivity contribution in [1.29, 1.82) is 0 Å². The minimum atomic E-state index is -0.222. The number of Topliss-reactive ketones (excluding diaryl/α,β-unsaturated/α-hetero) is 2. The first-order chi connectivity index (χ1) is 12.4. The number of hydrogen-bond donors (Lipinski definition) is 1. The van der Waals surface area contributed by atoms with Crippen molar-refractivity contribution in [2.24, 2.45) is 0 Å². The van der Waals surface area contributed by atoms with Crippen LogP contribution in [0.5, 0.6) is 17.2 Å². The number of aryl methyl sites for hydroxylation is 1. The second-order valence-electron chi connectivity index (χ2n) is 6.20. The number of phenols is 1. The van der Waals surface area contributed by atoms with Crippen molar-refractivity contribution in [2.45, 2.75) is 19.8 Å². The Balaban J connectivity index is 2.00. The lowest BCUT2D eigenvalue weighted by atomic mass is 9.85. The molecule has 0 saturated heterocycles. The first kappa shape index (κ1) is 17.7. The number of phenolic OH excluding ortho intramolecular Hbond substituents is 1. The Kier molecular flexibility index (Phi) is 4.80. The van der Waals surface area contributed by atoms with Crippen molar-refractivity contribution < 1.29 is 24.2 Å². The lowest BCUT2D eigenvalue weighted by molar-refractivity contribution is 0.101. The number of hydrogen-bond acceptors (Lipinski definition) is 5. The van der Waals surface area contributed by atoms with Crippen LogP contribution in [-0.2, 0) is 6.42 Å². The third kappa shape index (κ3) is 3.20. The fourth-order valence-electron chi connectivity index (χ4n) is 3.16. The van der Waals surface area contributed by atoms with Gasteiger partial charge in [-0.3, -0.25) is 9.59 Å². The van der Waals surface area contributed by atoms with Crippen LogP contribution < -0.4 is 9.47 Å². The lowest BCUT2D eigenvalue weighted by Crippen LogP contribution is -2.14. The number of fused-ring (bicyclic) bond motifs is 1. The van der Waals surface area contributed by atoms with E-state index in [4.69, 9.17) is 9.47 Å². The van der Waals surface area contributed by atoms with Gasteiger partial charge in [-0.2, -0.15) is 0 Å². The molecule has 0 aromatic heterocycles. The second kappa shape index (κ2) is 7.04. The van der Waals surface area contributed by atoms with Crippen molar-refractivity contribution in [2.75, 3.05) is 14.2 Å². The van der Waals surface area contributed by atoms with Gasteiger partial charge in [0.25, 0.3) is 0 Å². The van der Waals surface area contributed by atoms with Gasteiger partial charge in [0, 0.05) is 11.1 Å². The van der Waals surface area contributed by atoms with Gasteiger partial charge in [0.15, 0.2) is 23.1 Å². The number of aromatic hydroxyl groups is 1. The minimum absolute atomic E-state index is 0.0585. The number of ether oxygens (including phenoxy) is 2. The van der Waals surface area contributed by atoms with Crippen LogP contribution in [-0.4, -0.2) is 30.9 Å². The Morgan fingerprint density at radius 1 is 1.08 bits per heavy atom. The molecule has 0 saturated carbocycles. The molecule has 26 heavy (non-hydrogen) atoms. The van der Waals surface area contributed by atoms with E-state index in [0.717, 1.165) is 5.56 Å². The minimum Gasteiger partial charge on any atom is -0.507 e. The maximum atomic E-state index is 12.9. The Morgan fingerprint density at radius 2 is 1.77 bits per heavy atom. The van der Waals surface area contributed by atoms with Gasteiger partial charge in [-0.25, -0.2) is 0 Å². The van der Waals surface area contributed by atoms with Crippen LogP contribution in [0.4, 0.5) is 0 Å². The first-order valence-electron chi connectivity index (χ1n) is 8.28. The molecule has 0 spiro atoms. The monoisotopic (exact) mass is 352 g/mol. The average Bonchev–Trinajstić information content (AvgIpc) is 2.64. The number of benzene rings is 2. The molecule has 0 bridgehead atoms. The number of rotatable bonds is 4. The number of methoxy groups -OCH3 is 2. The van der Waals surface area contributed by atoms with E-state index in [1.54, 1.807) is 31.4 Å². The van der Waals surface area contributed by atoms with Crippen molar-refractivity contribution in [3.8, 4) is 17.2 Å². The highest BCUT2D eigenvalue weighted by molar-refractivity contribution is 6.13. The van der Waals surface area contributed by atoms with Gasteiger partial charge in [-0.15, -0.1) is 0 Å². The molecule has 0 heterocycles. The Bertz CT molecular complexity index is 924. The van der Waals surface area contributed by atoms with Gasteiger partial charge >= 0.3 is 0 Å². The predicted molar refractivity (Wildman–Crippen MR) is 98.3 cm³/mol. The smallest absolute Gasteiger partial charge is 0.189 e. The molecule has 134 valence electrons. The molecule has 0 amide bonds. The van der Waals surface area contributed by atoms with Gasteiger partial charge < -0.3 is 14.6 Å². The van der Waals surface area contributed by atoms with E-state index in [9.17, 15) is 14.7 Å². The summed E-state index contributed by atoms with van der Waals surface area (Å²) in [6.07, 6.45) is 3.08. The number of allylic oxidation sites excluding steroid dienone is 1. The van der Waals surface area contributed by atoms with Gasteiger partial charge in [-0.1, -0.05) is 6.07 Å². The van der Waals surface area contributed by atoms with Crippen LogP contribution in [0.25, 0.3) is 6.08 Å². The largest absolute Gasteiger partial charge is 0.507 e. The molecule has 0 unspecified atom stereocenters. The summed E-state index contributed by atoms with van der Waals surface area (Å²) in [4.78, 5) is 24.5. The summed E-state index contributed by atoms with van der Waals surface area (Å²) in [6, 6.07) is 8.31. The van der Waals surface area contributed by atoms with E-state index in [1.807, 2.05) is 6.07 Å². The van der Waals surface area contributed by atoms with Crippen LogP contribution in [0.1, 0.15) is 45.2 Å². The number of carbonyl (C=O) groups excluding carboxylic acids is 2. The van der Waals surface area contributed by atoms with Crippen molar-refractivity contribution >= 4 is 17.6 Å². The molecule has 5 nitrogen and oxygen atoms in total. The molecule has 2 aromatic rings. The molecule has 1 aliphatic rings. The highest BCUT2D eigenvalue weighted by Crippen LogP contribution is 2.36. The molecule has 0 radical (unpaired) electrons. The van der Waals surface area contributed by atoms with E-state index in [2.05, 4.69) is 0 Å². The Hall–Kier alpha value is -3.08. The average molecular weight is 352 g/mol. The normalized spacial score (nSPS) is 14.9. The zero-order valence-corrected chi connectivity index (χ0v) is 15.0. The molecule has 3 rings (SSSR count). The summed E-state index contributed by atoms with van der Waals surface area (Å²) < 4.78 is 10.6. The zero-order valence-electron chi connectivity index (χ0n) is 15.0. The predicted octanol–water partition coefficient (Wildman–Crippen LogP) is 3.82. The molecule has 0 aliphatic heterocycles. The Labute approximate surface area is 151 Å². The molecular weight excluding hydrogens is 332 g/mol. The topological polar surface area (TPSA) is 72.8 Å². The standard InChI is InChI=1S/C21H20O5/c1-12(22)16-9-13(4-7-18(16)23)8-15-6-5-14-10-19(25-2)20(26-3)11-17(14)21(15)24/h4,7-11,23H,5-6H2,1-3H3. The Morgan fingerprint density at radius 3 is 2.42 bits per heavy atom. The van der Waals surface area contributed by atoms with Crippen LogP contribution in [0.2, 0.25) is 0 Å². The fourth-order valence-corrected chi connectivity index (χ4v) is 3.16. The van der Waals surface area contributed by atoms with Crippen LogP contribution in [0, 0.1) is 0 Å². The third-order valence-electron chi connectivity index (χ3n) is 4.55. The third-order valence-corrected chi connectivity index (χ3v) is 4.55. The summed E-state index contributed by atoms with van der Waals surface area (Å²) in [7, 11) is 3.10. The quantitative estimate of drug-likeness (QED) is 0.669. The van der Waals surface area contributed by atoms with Gasteiger partial charge in [0.05, 0.1) is 19.8 Å². The summed E-state index contributed by atoms with van der Waals surface area (Å²) in [5, 5.41) is 9.77. The van der Waals surface area contributed by atoms with E-state index in [1.165, 1.54) is 20.1 Å². The molecule has 2 aromatic carbocycles. The molecule has 5 heteroatoms. The molecule has 0 fully saturated rings. The lowest BCUT2D eigenvalue weighted by Gasteiger charge is -2.20. The zero-order chi connectivity index (χ0) is 18.8. The SMILES string of the molecule is COc1cc2c(cc1OC)C(=O)C(=Cc1ccc(O)c(C(C)=O)c1)CC2. The maximum Gasteiger partial charge on any atom is 0.189 e. The van der Waals surface area contributed by atoms with Gasteiger partial charge in [0.2, 0.25) is 0 Å². The number of carbonyl (C=O) groups is 2. The van der Waals surface area contributed by atoms with E-state index in [-0.39, 0.29) is 22.9 Å². The van der Waals surface area contributed by atoms with Crippen LogP contribution in [0.3, 0.4) is 0 Å². The maximum absolute atomic E-state index is 12.9. The molecule has 1 aliphatic carbocycles. The van der Waals surface area contributed by atoms with Gasteiger partial charge in [0.1, 0.15) is 5.75 Å². The van der Waals surface area contributed by atoms with E-state index < -0.39 is 0 Å². The van der Waals surface area contributed by atoms with Crippen LogP contribution in [0.15, 0.2) is 35.9 Å². The summed E-state index contributed by atoms with van der Waals surface area (Å²) in [6.45, 7) is 1.40. The van der Waals surface area contributed by atoms with Gasteiger partial charge in [-0.05, 0) is 61.2 Å². The van der Waals surface area contributed by atoms with E-state index >= 15 is 0 Å². The van der Waals surface area contributed by atoms with Crippen molar-refractivity contribution in [3.05, 3.63) is 58.2 Å². The van der Waals surface area contributed by atoms with Crippen LogP contribution >= 0.6 is 0 Å². The molecule has 0 atom stereocenters. The number of ketones is 2. The molecular formula is C21H20O5. The highest BCUT2D eigenvalue weighted by Gasteiger charge is 2.24. The summed E-state index contributed by atoms with van der Waals surface area (Å²) in [5.74, 6) is 0.779. The van der Waals surface area contributed by atoms with E-state index in [0.29, 0.717) is 41.0 Å². The summed E-state index contributed by atoms with van der Waals surface area (Å²) in [5.41, 5.74) is 3.14.